The summed E-state index contributed by atoms with van der Waals surface area (Å²) in [6.45, 7) is 5.38. The van der Waals surface area contributed by atoms with Crippen molar-refractivity contribution in [3.63, 3.8) is 0 Å². The Balaban J connectivity index is 1.32. The Morgan fingerprint density at radius 2 is 1.54 bits per heavy atom. The molecule has 0 saturated carbocycles. The molecule has 0 aliphatic rings. The third kappa shape index (κ3) is 11.6. The number of amides is 3. The molecule has 0 spiro atoms. The van der Waals surface area contributed by atoms with Crippen molar-refractivity contribution >= 4 is 69.1 Å². The van der Waals surface area contributed by atoms with Crippen molar-refractivity contribution in [1.29, 1.82) is 0 Å². The molecule has 57 heavy (non-hydrogen) atoms. The summed E-state index contributed by atoms with van der Waals surface area (Å²) in [6, 6.07) is 21.7. The van der Waals surface area contributed by atoms with Gasteiger partial charge in [0, 0.05) is 41.3 Å². The number of aromatic nitrogens is 1. The van der Waals surface area contributed by atoms with Crippen LogP contribution < -0.4 is 40.2 Å². The lowest BCUT2D eigenvalue weighted by Gasteiger charge is -2.24. The van der Waals surface area contributed by atoms with Crippen molar-refractivity contribution in [2.75, 3.05) is 54.3 Å². The molecule has 0 unspecified atom stereocenters. The number of hydrogen-bond donors (Lipinski definition) is 7. The molecule has 0 aliphatic carbocycles. The average molecular weight is 823 g/mol. The number of phosphoric acid groups is 1. The van der Waals surface area contributed by atoms with Gasteiger partial charge in [-0.15, -0.1) is 0 Å². The van der Waals surface area contributed by atoms with Crippen LogP contribution in [0.4, 0.5) is 33.4 Å². The maximum Gasteiger partial charge on any atom is 0.469 e. The summed E-state index contributed by atoms with van der Waals surface area (Å²) < 4.78 is 59.2. The van der Waals surface area contributed by atoms with E-state index in [4.69, 9.17) is 24.0 Å². The first-order chi connectivity index (χ1) is 26.8. The Morgan fingerprint density at radius 3 is 2.21 bits per heavy atom. The molecule has 7 N–H and O–H groups in total. The number of pyridine rings is 1. The van der Waals surface area contributed by atoms with Gasteiger partial charge in [0.25, 0.3) is 5.91 Å². The van der Waals surface area contributed by atoms with Crippen molar-refractivity contribution in [2.24, 2.45) is 0 Å². The van der Waals surface area contributed by atoms with E-state index in [0.29, 0.717) is 39.5 Å². The molecule has 5 aromatic rings. The summed E-state index contributed by atoms with van der Waals surface area (Å²) in [5, 5.41) is 12.7. The van der Waals surface area contributed by atoms with E-state index >= 15 is 0 Å². The molecule has 19 heteroatoms. The van der Waals surface area contributed by atoms with Crippen molar-refractivity contribution < 1.29 is 51.1 Å². The van der Waals surface area contributed by atoms with E-state index in [0.717, 1.165) is 11.8 Å². The van der Waals surface area contributed by atoms with Gasteiger partial charge in [0.15, 0.2) is 5.75 Å². The summed E-state index contributed by atoms with van der Waals surface area (Å²) in [5.74, 6) is 1.21. The largest absolute Gasteiger partial charge is 0.496 e. The highest BCUT2D eigenvalue weighted by atomic mass is 32.2. The van der Waals surface area contributed by atoms with Crippen LogP contribution in [0, 0.1) is 0 Å². The number of carbonyl (C=O) groups is 2. The third-order valence-corrected chi connectivity index (χ3v) is 9.27. The lowest BCUT2D eigenvalue weighted by molar-refractivity contribution is 0.0938. The van der Waals surface area contributed by atoms with E-state index in [9.17, 15) is 22.6 Å². The molecular weight excluding hydrogens is 779 g/mol. The van der Waals surface area contributed by atoms with E-state index < -0.39 is 29.8 Å². The van der Waals surface area contributed by atoms with Crippen LogP contribution in [-0.4, -0.2) is 68.8 Å². The van der Waals surface area contributed by atoms with E-state index in [2.05, 4.69) is 35.5 Å². The van der Waals surface area contributed by atoms with Gasteiger partial charge < -0.3 is 45.3 Å². The number of sulfonamides is 1. The Kier molecular flexibility index (Phi) is 13.0. The predicted molar refractivity (Wildman–Crippen MR) is 218 cm³/mol. The molecule has 0 saturated heterocycles. The number of benzene rings is 4. The first kappa shape index (κ1) is 42.2. The van der Waals surface area contributed by atoms with Crippen LogP contribution in [0.5, 0.6) is 23.0 Å². The van der Waals surface area contributed by atoms with E-state index in [1.54, 1.807) is 54.7 Å². The first-order valence-electron chi connectivity index (χ1n) is 17.2. The SMILES string of the molecule is COc1cc(Nc2cc(Oc3ccc(NC(=O)Nc4cc(C(C)(C)C)cc(NS(C)(=O)=O)c4OC)c4ccccc34)ccn2)ccc1C(=O)NCCOP(=O)(O)O. The second kappa shape index (κ2) is 17.5. The highest BCUT2D eigenvalue weighted by Gasteiger charge is 2.23. The van der Waals surface area contributed by atoms with Gasteiger partial charge in [-0.2, -0.15) is 0 Å². The van der Waals surface area contributed by atoms with Crippen LogP contribution in [0.15, 0.2) is 85.1 Å². The highest BCUT2D eigenvalue weighted by molar-refractivity contribution is 7.92. The Bertz CT molecular complexity index is 2450. The molecule has 0 fully saturated rings. The molecule has 5 rings (SSSR count). The van der Waals surface area contributed by atoms with Crippen molar-refractivity contribution in [3.05, 3.63) is 96.2 Å². The minimum Gasteiger partial charge on any atom is -0.496 e. The summed E-state index contributed by atoms with van der Waals surface area (Å²) in [7, 11) is -5.52. The monoisotopic (exact) mass is 822 g/mol. The Labute approximate surface area is 329 Å². The van der Waals surface area contributed by atoms with Crippen molar-refractivity contribution in [3.8, 4) is 23.0 Å². The minimum atomic E-state index is -4.65. The number of nitrogens with zero attached hydrogens (tertiary/aromatic N) is 1. The van der Waals surface area contributed by atoms with Crippen molar-refractivity contribution in [1.82, 2.24) is 10.3 Å². The number of ether oxygens (including phenoxy) is 3. The smallest absolute Gasteiger partial charge is 0.469 e. The number of carbonyl (C=O) groups excluding carboxylic acids is 2. The maximum absolute atomic E-state index is 13.5. The summed E-state index contributed by atoms with van der Waals surface area (Å²) >= 11 is 0. The van der Waals surface area contributed by atoms with Gasteiger partial charge in [0.2, 0.25) is 10.0 Å². The molecule has 4 aromatic carbocycles. The van der Waals surface area contributed by atoms with Gasteiger partial charge in [-0.3, -0.25) is 14.0 Å². The number of fused-ring (bicyclic) bond motifs is 1. The second-order valence-corrected chi connectivity index (χ2v) is 16.6. The molecular formula is C38H43N6O11PS. The van der Waals surface area contributed by atoms with Crippen LogP contribution in [0.25, 0.3) is 10.8 Å². The zero-order chi connectivity index (χ0) is 41.5. The fraction of sp³-hybridized carbons (Fsp3) is 0.237. The third-order valence-electron chi connectivity index (χ3n) is 8.16. The molecule has 0 aliphatic heterocycles. The Morgan fingerprint density at radius 1 is 0.842 bits per heavy atom. The quantitative estimate of drug-likeness (QED) is 0.0419. The number of hydrogen-bond acceptors (Lipinski definition) is 11. The summed E-state index contributed by atoms with van der Waals surface area (Å²) in [4.78, 5) is 48.1. The van der Waals surface area contributed by atoms with Gasteiger partial charge in [-0.05, 0) is 53.4 Å². The van der Waals surface area contributed by atoms with Gasteiger partial charge in [-0.25, -0.2) is 22.8 Å². The minimum absolute atomic E-state index is 0.134. The van der Waals surface area contributed by atoms with Crippen LogP contribution in [-0.2, 0) is 24.5 Å². The molecule has 302 valence electrons. The van der Waals surface area contributed by atoms with Gasteiger partial charge >= 0.3 is 13.9 Å². The maximum atomic E-state index is 13.5. The fourth-order valence-corrected chi connectivity index (χ4v) is 6.47. The molecule has 17 nitrogen and oxygen atoms in total. The van der Waals surface area contributed by atoms with Crippen LogP contribution >= 0.6 is 7.82 Å². The number of methoxy groups -OCH3 is 2. The van der Waals surface area contributed by atoms with E-state index in [1.807, 2.05) is 45.0 Å². The van der Waals surface area contributed by atoms with Crippen LogP contribution in [0.3, 0.4) is 0 Å². The summed E-state index contributed by atoms with van der Waals surface area (Å²) in [6.07, 6.45) is 2.59. The predicted octanol–water partition coefficient (Wildman–Crippen LogP) is 6.94. The average Bonchev–Trinajstić information content (AvgIpc) is 3.13. The Hall–Kier alpha value is -5.91. The second-order valence-electron chi connectivity index (χ2n) is 13.6. The summed E-state index contributed by atoms with van der Waals surface area (Å²) in [5.41, 5.74) is 2.05. The highest BCUT2D eigenvalue weighted by Crippen LogP contribution is 2.40. The van der Waals surface area contributed by atoms with Gasteiger partial charge in [0.1, 0.15) is 23.1 Å². The first-order valence-corrected chi connectivity index (χ1v) is 20.6. The number of anilines is 5. The van der Waals surface area contributed by atoms with Gasteiger partial charge in [-0.1, -0.05) is 45.0 Å². The lowest BCUT2D eigenvalue weighted by atomic mass is 9.86. The number of phosphoric ester groups is 1. The van der Waals surface area contributed by atoms with Crippen LogP contribution in [0.1, 0.15) is 36.7 Å². The zero-order valence-corrected chi connectivity index (χ0v) is 33.6. The molecule has 0 bridgehead atoms. The normalized spacial score (nSPS) is 11.7. The number of rotatable bonds is 15. The standard InChI is InChI=1S/C38H43N6O11PS/c1-38(2,3)23-19-30(35(53-5)31(20-23)44-57(6,50)51)43-37(46)42-29-13-14-32(27-10-8-7-9-26(27)29)55-25-15-16-39-34(22-25)41-24-11-12-28(33(21-24)52-4)36(45)40-17-18-54-56(47,48)49/h7-16,19-22,44H,17-18H2,1-6H3,(H,39,41)(H,40,45)(H2,42,43,46)(H2,47,48,49). The van der Waals surface area contributed by atoms with E-state index in [-0.39, 0.29) is 47.0 Å². The fourth-order valence-electron chi connectivity index (χ4n) is 5.59. The topological polar surface area (TPSA) is 236 Å². The molecule has 1 heterocycles. The van der Waals surface area contributed by atoms with Crippen molar-refractivity contribution in [2.45, 2.75) is 26.2 Å². The molecule has 3 amide bonds. The number of urea groups is 1. The molecule has 1 aromatic heterocycles. The lowest BCUT2D eigenvalue weighted by Crippen LogP contribution is -2.27. The molecule has 0 radical (unpaired) electrons. The number of nitrogens with one attached hydrogen (secondary N) is 5. The van der Waals surface area contributed by atoms with Gasteiger partial charge in [0.05, 0.1) is 49.7 Å². The zero-order valence-electron chi connectivity index (χ0n) is 31.9. The molecule has 0 atom stereocenters. The van der Waals surface area contributed by atoms with Crippen LogP contribution in [0.2, 0.25) is 0 Å². The van der Waals surface area contributed by atoms with E-state index in [1.165, 1.54) is 20.3 Å².